The van der Waals surface area contributed by atoms with E-state index in [9.17, 15) is 14.4 Å². The lowest BCUT2D eigenvalue weighted by Crippen LogP contribution is -2.53. The van der Waals surface area contributed by atoms with Crippen LogP contribution < -0.4 is 10.6 Å². The van der Waals surface area contributed by atoms with Gasteiger partial charge in [-0.15, -0.1) is 0 Å². The van der Waals surface area contributed by atoms with Gasteiger partial charge in [-0.05, 0) is 63.6 Å². The molecule has 188 valence electrons. The van der Waals surface area contributed by atoms with E-state index < -0.39 is 29.7 Å². The van der Waals surface area contributed by atoms with Crippen molar-refractivity contribution in [1.29, 1.82) is 0 Å². The van der Waals surface area contributed by atoms with Gasteiger partial charge in [-0.1, -0.05) is 58.2 Å². The summed E-state index contributed by atoms with van der Waals surface area (Å²) in [7, 11) is 0. The zero-order chi connectivity index (χ0) is 26.1. The Labute approximate surface area is 205 Å². The van der Waals surface area contributed by atoms with Gasteiger partial charge in [0.1, 0.15) is 17.7 Å². The number of alkyl carbamates (subject to hydrolysis) is 1. The molecule has 0 aliphatic carbocycles. The van der Waals surface area contributed by atoms with E-state index in [1.807, 2.05) is 32.0 Å². The molecule has 0 saturated carbocycles. The number of nitrogens with zero attached hydrogens (tertiary/aromatic N) is 1. The Bertz CT molecular complexity index is 896. The molecule has 0 aromatic heterocycles. The van der Waals surface area contributed by atoms with Gasteiger partial charge in [0.2, 0.25) is 5.91 Å². The Morgan fingerprint density at radius 1 is 1.15 bits per heavy atom. The molecule has 3 amide bonds. The molecule has 0 aliphatic rings. The van der Waals surface area contributed by atoms with E-state index in [1.165, 1.54) is 0 Å². The SMILES string of the molecule is C#CN(C(=O)C(NC(=O)OC(C)(C)C)C(C)C)C(C(=O)NCCCCC)c1cccc(C)c1C. The molecule has 7 heteroatoms. The lowest BCUT2D eigenvalue weighted by molar-refractivity contribution is -0.139. The fourth-order valence-electron chi connectivity index (χ4n) is 3.51. The summed E-state index contributed by atoms with van der Waals surface area (Å²) in [5, 5.41) is 5.57. The van der Waals surface area contributed by atoms with Crippen molar-refractivity contribution in [3.05, 3.63) is 34.9 Å². The zero-order valence-electron chi connectivity index (χ0n) is 22.0. The number of aryl methyl sites for hydroxylation is 1. The molecule has 2 unspecified atom stereocenters. The van der Waals surface area contributed by atoms with Crippen molar-refractivity contribution in [2.45, 2.75) is 92.3 Å². The van der Waals surface area contributed by atoms with Crippen LogP contribution in [-0.4, -0.2) is 41.0 Å². The molecule has 0 radical (unpaired) electrons. The number of benzene rings is 1. The van der Waals surface area contributed by atoms with Gasteiger partial charge in [-0.25, -0.2) is 4.79 Å². The van der Waals surface area contributed by atoms with Crippen molar-refractivity contribution >= 4 is 17.9 Å². The lowest BCUT2D eigenvalue weighted by Gasteiger charge is -2.32. The molecular weight excluding hydrogens is 430 g/mol. The first-order valence-corrected chi connectivity index (χ1v) is 12.0. The highest BCUT2D eigenvalue weighted by Crippen LogP contribution is 2.27. The summed E-state index contributed by atoms with van der Waals surface area (Å²) in [6.45, 7) is 15.2. The van der Waals surface area contributed by atoms with Gasteiger partial charge >= 0.3 is 6.09 Å². The van der Waals surface area contributed by atoms with Gasteiger partial charge in [0.05, 0.1) is 0 Å². The minimum Gasteiger partial charge on any atom is -0.444 e. The van der Waals surface area contributed by atoms with Gasteiger partial charge < -0.3 is 15.4 Å². The third-order valence-electron chi connectivity index (χ3n) is 5.51. The van der Waals surface area contributed by atoms with Gasteiger partial charge in [0.15, 0.2) is 0 Å². The molecule has 0 fully saturated rings. The highest BCUT2D eigenvalue weighted by atomic mass is 16.6. The second kappa shape index (κ2) is 13.0. The molecule has 0 spiro atoms. The molecule has 0 bridgehead atoms. The van der Waals surface area contributed by atoms with E-state index >= 15 is 0 Å². The van der Waals surface area contributed by atoms with Crippen LogP contribution in [0.4, 0.5) is 4.79 Å². The number of carbonyl (C=O) groups excluding carboxylic acids is 3. The number of hydrogen-bond acceptors (Lipinski definition) is 4. The van der Waals surface area contributed by atoms with E-state index in [4.69, 9.17) is 11.2 Å². The van der Waals surface area contributed by atoms with Crippen LogP contribution in [0, 0.1) is 32.2 Å². The van der Waals surface area contributed by atoms with E-state index in [-0.39, 0.29) is 11.8 Å². The summed E-state index contributed by atoms with van der Waals surface area (Å²) in [5.74, 6) is -1.18. The Morgan fingerprint density at radius 2 is 1.79 bits per heavy atom. The molecule has 7 nitrogen and oxygen atoms in total. The highest BCUT2D eigenvalue weighted by Gasteiger charge is 2.37. The van der Waals surface area contributed by atoms with Crippen molar-refractivity contribution in [3.8, 4) is 12.5 Å². The first-order chi connectivity index (χ1) is 15.8. The third kappa shape index (κ3) is 8.40. The van der Waals surface area contributed by atoms with Crippen molar-refractivity contribution in [2.24, 2.45) is 5.92 Å². The van der Waals surface area contributed by atoms with Crippen LogP contribution in [0.25, 0.3) is 0 Å². The summed E-state index contributed by atoms with van der Waals surface area (Å²) in [6.07, 6.45) is 7.94. The second-order valence-corrected chi connectivity index (χ2v) is 9.90. The van der Waals surface area contributed by atoms with E-state index in [1.54, 1.807) is 34.6 Å². The molecule has 1 aromatic rings. The van der Waals surface area contributed by atoms with Gasteiger partial charge in [-0.3, -0.25) is 14.5 Å². The standard InChI is InChI=1S/C27H41N3O4/c1-10-12-13-17-28-24(31)23(21-16-14-15-19(5)20(21)6)30(11-2)25(32)22(18(3)4)29-26(33)34-27(7,8)9/h2,14-16,18,22-23H,10,12-13,17H2,1,3-9H3,(H,28,31)(H,29,33). The summed E-state index contributed by atoms with van der Waals surface area (Å²) < 4.78 is 5.33. The number of hydrogen-bond donors (Lipinski definition) is 2. The number of carbonyl (C=O) groups is 3. The molecule has 34 heavy (non-hydrogen) atoms. The summed E-state index contributed by atoms with van der Waals surface area (Å²) in [4.78, 5) is 40.5. The van der Waals surface area contributed by atoms with Crippen molar-refractivity contribution in [1.82, 2.24) is 15.5 Å². The number of amides is 3. The minimum absolute atomic E-state index is 0.289. The van der Waals surface area contributed by atoms with Gasteiger partial charge in [0.25, 0.3) is 5.91 Å². The Morgan fingerprint density at radius 3 is 2.32 bits per heavy atom. The number of ether oxygens (including phenoxy) is 1. The van der Waals surface area contributed by atoms with Crippen LogP contribution in [0.5, 0.6) is 0 Å². The fourth-order valence-corrected chi connectivity index (χ4v) is 3.51. The molecule has 0 heterocycles. The average Bonchev–Trinajstić information content (AvgIpc) is 2.73. The van der Waals surface area contributed by atoms with Crippen LogP contribution >= 0.6 is 0 Å². The predicted molar refractivity (Wildman–Crippen MR) is 135 cm³/mol. The summed E-state index contributed by atoms with van der Waals surface area (Å²) >= 11 is 0. The Kier molecular flexibility index (Phi) is 11.1. The van der Waals surface area contributed by atoms with Crippen molar-refractivity contribution < 1.29 is 19.1 Å². The first kappa shape index (κ1) is 29.0. The van der Waals surface area contributed by atoms with Crippen LogP contribution in [0.15, 0.2) is 18.2 Å². The van der Waals surface area contributed by atoms with Crippen LogP contribution in [-0.2, 0) is 14.3 Å². The van der Waals surface area contributed by atoms with Crippen LogP contribution in [0.1, 0.15) is 83.5 Å². The molecule has 0 saturated heterocycles. The summed E-state index contributed by atoms with van der Waals surface area (Å²) in [6, 6.07) is 6.01. The highest BCUT2D eigenvalue weighted by molar-refractivity contribution is 5.93. The van der Waals surface area contributed by atoms with Crippen molar-refractivity contribution in [2.75, 3.05) is 6.54 Å². The zero-order valence-corrected chi connectivity index (χ0v) is 22.0. The minimum atomic E-state index is -1.03. The maximum atomic E-state index is 13.6. The maximum Gasteiger partial charge on any atom is 0.408 e. The molecule has 2 N–H and O–H groups in total. The first-order valence-electron chi connectivity index (χ1n) is 12.0. The quantitative estimate of drug-likeness (QED) is 0.296. The average molecular weight is 472 g/mol. The number of rotatable bonds is 10. The van der Waals surface area contributed by atoms with Crippen LogP contribution in [0.3, 0.4) is 0 Å². The Balaban J connectivity index is 3.36. The largest absolute Gasteiger partial charge is 0.444 e. The van der Waals surface area contributed by atoms with E-state index in [2.05, 4.69) is 23.6 Å². The predicted octanol–water partition coefficient (Wildman–Crippen LogP) is 4.62. The molecular formula is C27H41N3O4. The number of unbranched alkanes of at least 4 members (excludes halogenated alkanes) is 2. The smallest absolute Gasteiger partial charge is 0.408 e. The lowest BCUT2D eigenvalue weighted by atomic mass is 9.94. The maximum absolute atomic E-state index is 13.6. The van der Waals surface area contributed by atoms with E-state index in [0.29, 0.717) is 12.1 Å². The topological polar surface area (TPSA) is 87.7 Å². The normalized spacial score (nSPS) is 12.9. The van der Waals surface area contributed by atoms with Gasteiger partial charge in [-0.2, -0.15) is 0 Å². The van der Waals surface area contributed by atoms with Gasteiger partial charge in [0, 0.05) is 12.6 Å². The van der Waals surface area contributed by atoms with E-state index in [0.717, 1.165) is 35.3 Å². The number of nitrogens with one attached hydrogen (secondary N) is 2. The summed E-state index contributed by atoms with van der Waals surface area (Å²) in [5.41, 5.74) is 1.79. The third-order valence-corrected chi connectivity index (χ3v) is 5.51. The molecule has 1 aromatic carbocycles. The van der Waals surface area contributed by atoms with Crippen molar-refractivity contribution in [3.63, 3.8) is 0 Å². The molecule has 0 aliphatic heterocycles. The Hall–Kier alpha value is -3.01. The van der Waals surface area contributed by atoms with Crippen LogP contribution in [0.2, 0.25) is 0 Å². The monoisotopic (exact) mass is 471 g/mol. The molecule has 2 atom stereocenters. The molecule has 1 rings (SSSR count). The second-order valence-electron chi connectivity index (χ2n) is 9.90. The fraction of sp³-hybridized carbons (Fsp3) is 0.593. The number of terminal acetylenes is 1.